The first-order valence-corrected chi connectivity index (χ1v) is 6.53. The molecule has 0 saturated carbocycles. The molecule has 1 aromatic heterocycles. The van der Waals surface area contributed by atoms with Crippen LogP contribution in [0.15, 0.2) is 12.1 Å². The van der Waals surface area contributed by atoms with Crippen molar-refractivity contribution >= 4 is 28.8 Å². The number of amides is 1. The lowest BCUT2D eigenvalue weighted by Crippen LogP contribution is -2.38. The molecule has 0 N–H and O–H groups in total. The molecule has 0 aliphatic heterocycles. The molecule has 1 amide bonds. The van der Waals surface area contributed by atoms with Gasteiger partial charge in [0.1, 0.15) is 5.41 Å². The zero-order valence-corrected chi connectivity index (χ0v) is 11.7. The van der Waals surface area contributed by atoms with Crippen LogP contribution in [0.1, 0.15) is 25.1 Å². The molecule has 0 aliphatic rings. The number of thiophene rings is 1. The van der Waals surface area contributed by atoms with E-state index in [-0.39, 0.29) is 5.91 Å². The van der Waals surface area contributed by atoms with E-state index in [1.54, 1.807) is 18.9 Å². The number of hydrogen-bond donors (Lipinski definition) is 0. The van der Waals surface area contributed by atoms with E-state index in [2.05, 4.69) is 6.07 Å². The molecule has 1 unspecified atom stereocenters. The number of carbonyl (C=O) groups excluding carboxylic acids is 1. The van der Waals surface area contributed by atoms with E-state index in [0.29, 0.717) is 17.3 Å². The molecule has 0 aromatic carbocycles. The van der Waals surface area contributed by atoms with Gasteiger partial charge in [-0.3, -0.25) is 4.79 Å². The maximum atomic E-state index is 12.1. The van der Waals surface area contributed by atoms with Gasteiger partial charge in [-0.1, -0.05) is 18.5 Å². The minimum absolute atomic E-state index is 0.146. The Morgan fingerprint density at radius 1 is 1.65 bits per heavy atom. The van der Waals surface area contributed by atoms with Crippen LogP contribution in [0.4, 0.5) is 0 Å². The van der Waals surface area contributed by atoms with Gasteiger partial charge in [0, 0.05) is 11.9 Å². The highest BCUT2D eigenvalue weighted by molar-refractivity contribution is 7.16. The third-order valence-electron chi connectivity index (χ3n) is 2.79. The van der Waals surface area contributed by atoms with Crippen LogP contribution in [0.5, 0.6) is 0 Å². The molecule has 0 aliphatic carbocycles. The van der Waals surface area contributed by atoms with Crippen molar-refractivity contribution in [1.82, 2.24) is 4.90 Å². The van der Waals surface area contributed by atoms with Gasteiger partial charge < -0.3 is 4.90 Å². The maximum Gasteiger partial charge on any atom is 0.242 e. The molecular formula is C12H15ClN2OS. The number of carbonyl (C=O) groups is 1. The summed E-state index contributed by atoms with van der Waals surface area (Å²) in [7, 11) is 1.71. The summed E-state index contributed by atoms with van der Waals surface area (Å²) in [6, 6.07) is 5.79. The van der Waals surface area contributed by atoms with Crippen molar-refractivity contribution in [2.45, 2.75) is 26.8 Å². The van der Waals surface area contributed by atoms with Crippen LogP contribution >= 0.6 is 22.9 Å². The van der Waals surface area contributed by atoms with E-state index in [0.717, 1.165) is 4.88 Å². The molecule has 0 radical (unpaired) electrons. The standard InChI is InChI=1S/C12H15ClN2OS/c1-4-12(2,8-14)11(16)15(3)7-9-5-6-10(13)17-9/h5-6H,4,7H2,1-3H3. The van der Waals surface area contributed by atoms with Gasteiger partial charge >= 0.3 is 0 Å². The molecule has 1 rings (SSSR count). The molecule has 0 bridgehead atoms. The minimum Gasteiger partial charge on any atom is -0.339 e. The first-order valence-electron chi connectivity index (χ1n) is 5.34. The number of rotatable bonds is 4. The Morgan fingerprint density at radius 2 is 2.29 bits per heavy atom. The smallest absolute Gasteiger partial charge is 0.242 e. The molecule has 1 heterocycles. The van der Waals surface area contributed by atoms with Crippen LogP contribution in [0.2, 0.25) is 4.34 Å². The van der Waals surface area contributed by atoms with Crippen molar-refractivity contribution in [3.8, 4) is 6.07 Å². The lowest BCUT2D eigenvalue weighted by atomic mass is 9.88. The first-order chi connectivity index (χ1) is 7.92. The Balaban J connectivity index is 2.74. The Labute approximate surface area is 111 Å². The zero-order valence-electron chi connectivity index (χ0n) is 10.2. The predicted octanol–water partition coefficient (Wildman–Crippen LogP) is 3.30. The second-order valence-corrected chi connectivity index (χ2v) is 5.96. The third kappa shape index (κ3) is 3.21. The number of nitrogens with zero attached hydrogens (tertiary/aromatic N) is 2. The first kappa shape index (κ1) is 14.0. The normalized spacial score (nSPS) is 13.8. The SMILES string of the molecule is CCC(C)(C#N)C(=O)N(C)Cc1ccc(Cl)s1. The average Bonchev–Trinajstić information content (AvgIpc) is 2.72. The third-order valence-corrected chi connectivity index (χ3v) is 4.01. The Bertz CT molecular complexity index is 452. The monoisotopic (exact) mass is 270 g/mol. The van der Waals surface area contributed by atoms with E-state index >= 15 is 0 Å². The van der Waals surface area contributed by atoms with Crippen molar-refractivity contribution in [3.63, 3.8) is 0 Å². The fourth-order valence-corrected chi connectivity index (χ4v) is 2.58. The summed E-state index contributed by atoms with van der Waals surface area (Å²) in [6.07, 6.45) is 0.512. The summed E-state index contributed by atoms with van der Waals surface area (Å²) in [5, 5.41) is 9.06. The van der Waals surface area contributed by atoms with E-state index in [1.165, 1.54) is 11.3 Å². The highest BCUT2D eigenvalue weighted by Crippen LogP contribution is 2.26. The molecule has 0 fully saturated rings. The summed E-state index contributed by atoms with van der Waals surface area (Å²) >= 11 is 7.28. The van der Waals surface area contributed by atoms with E-state index in [1.807, 2.05) is 19.1 Å². The predicted molar refractivity (Wildman–Crippen MR) is 69.8 cm³/mol. The number of nitriles is 1. The molecule has 5 heteroatoms. The van der Waals surface area contributed by atoms with Gasteiger partial charge in [0.15, 0.2) is 0 Å². The Hall–Kier alpha value is -1.05. The summed E-state index contributed by atoms with van der Waals surface area (Å²) < 4.78 is 0.708. The van der Waals surface area contributed by atoms with E-state index in [9.17, 15) is 4.79 Å². The number of hydrogen-bond acceptors (Lipinski definition) is 3. The quantitative estimate of drug-likeness (QED) is 0.843. The van der Waals surface area contributed by atoms with Gasteiger partial charge in [-0.2, -0.15) is 5.26 Å². The van der Waals surface area contributed by atoms with Crippen LogP contribution in [0, 0.1) is 16.7 Å². The van der Waals surface area contributed by atoms with Crippen LogP contribution < -0.4 is 0 Å². The van der Waals surface area contributed by atoms with Crippen LogP contribution in [0.3, 0.4) is 0 Å². The fourth-order valence-electron chi connectivity index (χ4n) is 1.44. The Morgan fingerprint density at radius 3 is 2.71 bits per heavy atom. The second kappa shape index (κ2) is 5.52. The summed E-state index contributed by atoms with van der Waals surface area (Å²) in [6.45, 7) is 4.01. The van der Waals surface area contributed by atoms with Gasteiger partial charge in [-0.15, -0.1) is 11.3 Å². The molecule has 17 heavy (non-hydrogen) atoms. The van der Waals surface area contributed by atoms with Gasteiger partial charge in [0.25, 0.3) is 0 Å². The van der Waals surface area contributed by atoms with Crippen LogP contribution in [-0.2, 0) is 11.3 Å². The molecule has 3 nitrogen and oxygen atoms in total. The minimum atomic E-state index is -0.935. The molecule has 0 saturated heterocycles. The second-order valence-electron chi connectivity index (χ2n) is 4.16. The fraction of sp³-hybridized carbons (Fsp3) is 0.500. The maximum absolute atomic E-state index is 12.1. The molecule has 1 atom stereocenters. The van der Waals surface area contributed by atoms with Crippen molar-refractivity contribution < 1.29 is 4.79 Å². The highest BCUT2D eigenvalue weighted by atomic mass is 35.5. The van der Waals surface area contributed by atoms with Gasteiger partial charge in [-0.05, 0) is 25.5 Å². The van der Waals surface area contributed by atoms with Gasteiger partial charge in [0.05, 0.1) is 17.0 Å². The summed E-state index contributed by atoms with van der Waals surface area (Å²) in [4.78, 5) is 14.7. The Kier molecular flexibility index (Phi) is 4.55. The summed E-state index contributed by atoms with van der Waals surface area (Å²) in [5.41, 5.74) is -0.935. The van der Waals surface area contributed by atoms with Crippen molar-refractivity contribution in [2.24, 2.45) is 5.41 Å². The lowest BCUT2D eigenvalue weighted by molar-refractivity contribution is -0.137. The van der Waals surface area contributed by atoms with Crippen LogP contribution in [0.25, 0.3) is 0 Å². The molecule has 0 spiro atoms. The lowest BCUT2D eigenvalue weighted by Gasteiger charge is -2.25. The van der Waals surface area contributed by atoms with Crippen molar-refractivity contribution in [2.75, 3.05) is 7.05 Å². The zero-order chi connectivity index (χ0) is 13.1. The largest absolute Gasteiger partial charge is 0.339 e. The average molecular weight is 271 g/mol. The summed E-state index contributed by atoms with van der Waals surface area (Å²) in [5.74, 6) is -0.146. The molecule has 1 aromatic rings. The van der Waals surface area contributed by atoms with Crippen LogP contribution in [-0.4, -0.2) is 17.9 Å². The van der Waals surface area contributed by atoms with Gasteiger partial charge in [-0.25, -0.2) is 0 Å². The molecule has 92 valence electrons. The molecular weight excluding hydrogens is 256 g/mol. The van der Waals surface area contributed by atoms with Gasteiger partial charge in [0.2, 0.25) is 5.91 Å². The van der Waals surface area contributed by atoms with E-state index in [4.69, 9.17) is 16.9 Å². The highest BCUT2D eigenvalue weighted by Gasteiger charge is 2.33. The van der Waals surface area contributed by atoms with Crippen molar-refractivity contribution in [1.29, 1.82) is 5.26 Å². The topological polar surface area (TPSA) is 44.1 Å². The number of halogens is 1. The van der Waals surface area contributed by atoms with Crippen molar-refractivity contribution in [3.05, 3.63) is 21.3 Å². The van der Waals surface area contributed by atoms with E-state index < -0.39 is 5.41 Å².